The molecule has 0 rings (SSSR count). The monoisotopic (exact) mass is 164 g/mol. The fourth-order valence-corrected chi connectivity index (χ4v) is 0.913. The summed E-state index contributed by atoms with van der Waals surface area (Å²) in [5.41, 5.74) is 1.23. The molecule has 0 aromatic carbocycles. The van der Waals surface area contributed by atoms with Crippen LogP contribution in [0.15, 0.2) is 11.6 Å². The molecule has 0 aliphatic rings. The molecule has 0 fully saturated rings. The van der Waals surface area contributed by atoms with Gasteiger partial charge in [0, 0.05) is 12.3 Å². The topological polar surface area (TPSA) is 17.1 Å². The summed E-state index contributed by atoms with van der Waals surface area (Å²) in [5.74, 6) is 2.73. The van der Waals surface area contributed by atoms with Crippen LogP contribution in [0.3, 0.4) is 0 Å². The van der Waals surface area contributed by atoms with Gasteiger partial charge in [-0.2, -0.15) is 0 Å². The lowest BCUT2D eigenvalue weighted by Gasteiger charge is -2.06. The van der Waals surface area contributed by atoms with Gasteiger partial charge in [0.05, 0.1) is 0 Å². The van der Waals surface area contributed by atoms with Crippen molar-refractivity contribution in [1.29, 1.82) is 0 Å². The molecule has 1 atom stereocenters. The lowest BCUT2D eigenvalue weighted by atomic mass is 9.97. The molecule has 0 aromatic rings. The number of ketones is 1. The maximum atomic E-state index is 11.0. The van der Waals surface area contributed by atoms with Gasteiger partial charge >= 0.3 is 0 Å². The van der Waals surface area contributed by atoms with E-state index in [4.69, 9.17) is 6.42 Å². The molecule has 0 spiro atoms. The first kappa shape index (κ1) is 11.0. The third-order valence-corrected chi connectivity index (χ3v) is 1.75. The highest BCUT2D eigenvalue weighted by molar-refractivity contribution is 5.78. The first-order valence-corrected chi connectivity index (χ1v) is 4.15. The first-order valence-electron chi connectivity index (χ1n) is 4.15. The Labute approximate surface area is 74.9 Å². The van der Waals surface area contributed by atoms with E-state index in [1.54, 1.807) is 6.92 Å². The van der Waals surface area contributed by atoms with Crippen LogP contribution in [0.2, 0.25) is 0 Å². The Balaban J connectivity index is 4.07. The smallest absolute Gasteiger partial charge is 0.134 e. The molecule has 66 valence electrons. The van der Waals surface area contributed by atoms with Gasteiger partial charge in [-0.1, -0.05) is 11.6 Å². The summed E-state index contributed by atoms with van der Waals surface area (Å²) in [4.78, 5) is 11.0. The van der Waals surface area contributed by atoms with E-state index in [0.717, 1.165) is 6.42 Å². The number of allylic oxidation sites excluding steroid dienone is 2. The number of terminal acetylenes is 1. The van der Waals surface area contributed by atoms with Crippen LogP contribution in [-0.4, -0.2) is 5.78 Å². The first-order chi connectivity index (χ1) is 5.57. The molecule has 0 aromatic heterocycles. The van der Waals surface area contributed by atoms with Crippen molar-refractivity contribution < 1.29 is 4.79 Å². The SMILES string of the molecule is C#CCC(CC=C(C)C)C(C)=O. The molecule has 0 heterocycles. The minimum absolute atomic E-state index is 0.0184. The number of Topliss-reactive ketones (excluding diaryl/α,β-unsaturated/α-hetero) is 1. The van der Waals surface area contributed by atoms with E-state index in [9.17, 15) is 4.79 Å². The third kappa shape index (κ3) is 4.73. The number of hydrogen-bond donors (Lipinski definition) is 0. The fourth-order valence-electron chi connectivity index (χ4n) is 0.913. The summed E-state index contributed by atoms with van der Waals surface area (Å²) < 4.78 is 0. The van der Waals surface area contributed by atoms with Crippen LogP contribution >= 0.6 is 0 Å². The second kappa shape index (κ2) is 5.60. The van der Waals surface area contributed by atoms with Crippen LogP contribution in [0.1, 0.15) is 33.6 Å². The van der Waals surface area contributed by atoms with E-state index < -0.39 is 0 Å². The Kier molecular flexibility index (Phi) is 5.12. The second-order valence-corrected chi connectivity index (χ2v) is 3.23. The maximum absolute atomic E-state index is 11.0. The molecule has 1 nitrogen and oxygen atoms in total. The molecule has 1 heteroatoms. The van der Waals surface area contributed by atoms with Crippen molar-refractivity contribution in [3.63, 3.8) is 0 Å². The average molecular weight is 164 g/mol. The van der Waals surface area contributed by atoms with Gasteiger partial charge in [-0.05, 0) is 27.2 Å². The highest BCUT2D eigenvalue weighted by Gasteiger charge is 2.10. The maximum Gasteiger partial charge on any atom is 0.134 e. The minimum atomic E-state index is 0.0184. The summed E-state index contributed by atoms with van der Waals surface area (Å²) in [6.07, 6.45) is 8.54. The highest BCUT2D eigenvalue weighted by atomic mass is 16.1. The lowest BCUT2D eigenvalue weighted by molar-refractivity contribution is -0.120. The zero-order valence-corrected chi connectivity index (χ0v) is 8.05. The Morgan fingerprint density at radius 1 is 1.50 bits per heavy atom. The van der Waals surface area contributed by atoms with Crippen LogP contribution in [0, 0.1) is 18.3 Å². The normalized spacial score (nSPS) is 11.5. The van der Waals surface area contributed by atoms with Crippen molar-refractivity contribution in [2.75, 3.05) is 0 Å². The molecule has 0 bridgehead atoms. The van der Waals surface area contributed by atoms with Gasteiger partial charge in [0.25, 0.3) is 0 Å². The van der Waals surface area contributed by atoms with Crippen molar-refractivity contribution in [3.8, 4) is 12.3 Å². The molecule has 0 N–H and O–H groups in total. The molecule has 0 saturated carbocycles. The van der Waals surface area contributed by atoms with Crippen LogP contribution in [0.25, 0.3) is 0 Å². The number of carbonyl (C=O) groups is 1. The van der Waals surface area contributed by atoms with Gasteiger partial charge in [-0.25, -0.2) is 0 Å². The van der Waals surface area contributed by atoms with Crippen LogP contribution in [-0.2, 0) is 4.79 Å². The number of rotatable bonds is 4. The van der Waals surface area contributed by atoms with E-state index in [0.29, 0.717) is 6.42 Å². The standard InChI is InChI=1S/C11H16O/c1-5-6-11(10(4)12)8-7-9(2)3/h1,7,11H,6,8H2,2-4H3. The van der Waals surface area contributed by atoms with E-state index in [-0.39, 0.29) is 11.7 Å². The second-order valence-electron chi connectivity index (χ2n) is 3.23. The molecule has 0 saturated heterocycles. The van der Waals surface area contributed by atoms with Crippen molar-refractivity contribution in [2.24, 2.45) is 5.92 Å². The molecular formula is C11H16O. The summed E-state index contributed by atoms with van der Waals surface area (Å²) in [5, 5.41) is 0. The van der Waals surface area contributed by atoms with E-state index in [1.165, 1.54) is 5.57 Å². The minimum Gasteiger partial charge on any atom is -0.300 e. The highest BCUT2D eigenvalue weighted by Crippen LogP contribution is 2.11. The van der Waals surface area contributed by atoms with Crippen LogP contribution < -0.4 is 0 Å². The van der Waals surface area contributed by atoms with Gasteiger partial charge < -0.3 is 0 Å². The van der Waals surface area contributed by atoms with Crippen LogP contribution in [0.4, 0.5) is 0 Å². The Morgan fingerprint density at radius 3 is 2.42 bits per heavy atom. The quantitative estimate of drug-likeness (QED) is 0.461. The predicted molar refractivity (Wildman–Crippen MR) is 51.7 cm³/mol. The predicted octanol–water partition coefficient (Wildman–Crippen LogP) is 2.57. The Morgan fingerprint density at radius 2 is 2.08 bits per heavy atom. The molecule has 1 unspecified atom stereocenters. The van der Waals surface area contributed by atoms with Gasteiger partial charge in [-0.15, -0.1) is 12.3 Å². The molecule has 0 radical (unpaired) electrons. The lowest BCUT2D eigenvalue weighted by Crippen LogP contribution is -2.08. The van der Waals surface area contributed by atoms with E-state index in [1.807, 2.05) is 13.8 Å². The number of carbonyl (C=O) groups excluding carboxylic acids is 1. The van der Waals surface area contributed by atoms with Crippen molar-refractivity contribution in [2.45, 2.75) is 33.6 Å². The molecule has 0 aliphatic carbocycles. The fraction of sp³-hybridized carbons (Fsp3) is 0.545. The summed E-state index contributed by atoms with van der Waals surface area (Å²) in [6.45, 7) is 5.64. The molecular weight excluding hydrogens is 148 g/mol. The van der Waals surface area contributed by atoms with Gasteiger partial charge in [0.1, 0.15) is 5.78 Å². The third-order valence-electron chi connectivity index (χ3n) is 1.75. The number of hydrogen-bond acceptors (Lipinski definition) is 1. The van der Waals surface area contributed by atoms with Gasteiger partial charge in [0.15, 0.2) is 0 Å². The van der Waals surface area contributed by atoms with Crippen molar-refractivity contribution >= 4 is 5.78 Å². The van der Waals surface area contributed by atoms with Crippen molar-refractivity contribution in [3.05, 3.63) is 11.6 Å². The Bertz CT molecular complexity index is 214. The molecule has 0 aliphatic heterocycles. The van der Waals surface area contributed by atoms with E-state index >= 15 is 0 Å². The van der Waals surface area contributed by atoms with Gasteiger partial charge in [0.2, 0.25) is 0 Å². The summed E-state index contributed by atoms with van der Waals surface area (Å²) in [7, 11) is 0. The van der Waals surface area contributed by atoms with Crippen LogP contribution in [0.5, 0.6) is 0 Å². The largest absolute Gasteiger partial charge is 0.300 e. The van der Waals surface area contributed by atoms with E-state index in [2.05, 4.69) is 12.0 Å². The average Bonchev–Trinajstić information content (AvgIpc) is 1.96. The molecule has 0 amide bonds. The zero-order chi connectivity index (χ0) is 9.56. The molecule has 12 heavy (non-hydrogen) atoms. The summed E-state index contributed by atoms with van der Waals surface area (Å²) >= 11 is 0. The Hall–Kier alpha value is -1.03. The summed E-state index contributed by atoms with van der Waals surface area (Å²) in [6, 6.07) is 0. The zero-order valence-electron chi connectivity index (χ0n) is 8.05. The van der Waals surface area contributed by atoms with Crippen molar-refractivity contribution in [1.82, 2.24) is 0 Å². The van der Waals surface area contributed by atoms with Gasteiger partial charge in [-0.3, -0.25) is 4.79 Å².